The largest absolute Gasteiger partial charge is 0.464 e. The van der Waals surface area contributed by atoms with E-state index in [1.807, 2.05) is 54.6 Å². The molecule has 0 spiro atoms. The van der Waals surface area contributed by atoms with E-state index in [2.05, 4.69) is 108 Å². The van der Waals surface area contributed by atoms with E-state index in [9.17, 15) is 0 Å². The quantitative estimate of drug-likeness (QED) is 0.198. The SMILES string of the molecule is c1ccc(-c2ccc(-c3nc(-c4ccccc4)nc(-c4cccc5c6c(c7ccccc7c45)NC(c4ccccc4)O6)n3)cc2)cc1. The van der Waals surface area contributed by atoms with Crippen LogP contribution in [0.4, 0.5) is 5.69 Å². The van der Waals surface area contributed by atoms with Gasteiger partial charge in [-0.3, -0.25) is 0 Å². The van der Waals surface area contributed by atoms with Crippen molar-refractivity contribution < 1.29 is 4.74 Å². The third kappa shape index (κ3) is 4.77. The lowest BCUT2D eigenvalue weighted by Gasteiger charge is -2.14. The Balaban J connectivity index is 1.24. The molecule has 7 aromatic carbocycles. The maximum Gasteiger partial charge on any atom is 0.196 e. The van der Waals surface area contributed by atoms with Crippen LogP contribution in [0, 0.1) is 0 Å². The second-order valence-electron chi connectivity index (χ2n) is 11.6. The highest BCUT2D eigenvalue weighted by molar-refractivity contribution is 6.21. The molecule has 1 aliphatic heterocycles. The molecule has 0 bridgehead atoms. The monoisotopic (exact) mass is 604 g/mol. The minimum atomic E-state index is -0.281. The number of ether oxygens (including phenoxy) is 1. The molecule has 5 nitrogen and oxygen atoms in total. The summed E-state index contributed by atoms with van der Waals surface area (Å²) in [6.07, 6.45) is -0.281. The Labute approximate surface area is 272 Å². The predicted octanol–water partition coefficient (Wildman–Crippen LogP) is 10.3. The fourth-order valence-electron chi connectivity index (χ4n) is 6.50. The highest BCUT2D eigenvalue weighted by Crippen LogP contribution is 2.50. The van der Waals surface area contributed by atoms with Gasteiger partial charge in [-0.05, 0) is 16.5 Å². The fourth-order valence-corrected chi connectivity index (χ4v) is 6.50. The molecule has 2 heterocycles. The molecule has 1 aliphatic rings. The van der Waals surface area contributed by atoms with E-state index >= 15 is 0 Å². The minimum absolute atomic E-state index is 0.281. The van der Waals surface area contributed by atoms with Gasteiger partial charge in [0.25, 0.3) is 0 Å². The average molecular weight is 605 g/mol. The van der Waals surface area contributed by atoms with E-state index in [0.29, 0.717) is 17.5 Å². The molecule has 1 aromatic heterocycles. The first-order chi connectivity index (χ1) is 23.3. The maximum atomic E-state index is 6.67. The first kappa shape index (κ1) is 27.0. The van der Waals surface area contributed by atoms with Crippen LogP contribution in [-0.2, 0) is 0 Å². The summed E-state index contributed by atoms with van der Waals surface area (Å²) in [5.74, 6) is 2.70. The van der Waals surface area contributed by atoms with Gasteiger partial charge in [0, 0.05) is 38.4 Å². The summed E-state index contributed by atoms with van der Waals surface area (Å²) in [5, 5.41) is 7.92. The second kappa shape index (κ2) is 11.2. The van der Waals surface area contributed by atoms with Crippen molar-refractivity contribution in [1.82, 2.24) is 15.0 Å². The molecule has 222 valence electrons. The van der Waals surface area contributed by atoms with Crippen LogP contribution in [0.1, 0.15) is 11.8 Å². The first-order valence-corrected chi connectivity index (χ1v) is 15.7. The van der Waals surface area contributed by atoms with Gasteiger partial charge in [0.05, 0.1) is 5.69 Å². The van der Waals surface area contributed by atoms with Crippen LogP contribution in [0.15, 0.2) is 158 Å². The van der Waals surface area contributed by atoms with Gasteiger partial charge in [0.15, 0.2) is 29.5 Å². The number of aromatic nitrogens is 3. The van der Waals surface area contributed by atoms with Crippen LogP contribution in [0.3, 0.4) is 0 Å². The Morgan fingerprint density at radius 3 is 1.64 bits per heavy atom. The van der Waals surface area contributed by atoms with Crippen LogP contribution in [0.25, 0.3) is 66.8 Å². The van der Waals surface area contributed by atoms with Crippen molar-refractivity contribution in [1.29, 1.82) is 0 Å². The number of fused-ring (bicyclic) bond motifs is 6. The van der Waals surface area contributed by atoms with Crippen molar-refractivity contribution >= 4 is 27.2 Å². The number of nitrogens with zero attached hydrogens (tertiary/aromatic N) is 3. The predicted molar refractivity (Wildman–Crippen MR) is 190 cm³/mol. The summed E-state index contributed by atoms with van der Waals surface area (Å²) in [4.78, 5) is 15.2. The highest BCUT2D eigenvalue weighted by atomic mass is 16.5. The summed E-state index contributed by atoms with van der Waals surface area (Å²) in [7, 11) is 0. The number of hydrogen-bond donors (Lipinski definition) is 1. The molecule has 0 saturated carbocycles. The summed E-state index contributed by atoms with van der Waals surface area (Å²) in [6, 6.07) is 53.9. The molecule has 47 heavy (non-hydrogen) atoms. The van der Waals surface area contributed by atoms with Crippen LogP contribution in [0.2, 0.25) is 0 Å². The van der Waals surface area contributed by atoms with Gasteiger partial charge in [0.1, 0.15) is 0 Å². The van der Waals surface area contributed by atoms with Crippen LogP contribution in [-0.4, -0.2) is 15.0 Å². The molecule has 0 aliphatic carbocycles. The topological polar surface area (TPSA) is 59.9 Å². The lowest BCUT2D eigenvalue weighted by Crippen LogP contribution is -2.09. The molecule has 0 amide bonds. The normalized spacial score (nSPS) is 13.7. The molecule has 1 atom stereocenters. The molecule has 0 fully saturated rings. The van der Waals surface area contributed by atoms with Crippen LogP contribution in [0.5, 0.6) is 5.75 Å². The van der Waals surface area contributed by atoms with Crippen molar-refractivity contribution in [3.8, 4) is 51.0 Å². The van der Waals surface area contributed by atoms with Gasteiger partial charge in [-0.15, -0.1) is 0 Å². The van der Waals surface area contributed by atoms with Gasteiger partial charge in [-0.1, -0.05) is 158 Å². The summed E-state index contributed by atoms with van der Waals surface area (Å²) >= 11 is 0. The smallest absolute Gasteiger partial charge is 0.196 e. The summed E-state index contributed by atoms with van der Waals surface area (Å²) < 4.78 is 6.67. The van der Waals surface area contributed by atoms with E-state index < -0.39 is 0 Å². The Morgan fingerprint density at radius 1 is 0.426 bits per heavy atom. The van der Waals surface area contributed by atoms with Crippen molar-refractivity contribution in [2.24, 2.45) is 0 Å². The lowest BCUT2D eigenvalue weighted by molar-refractivity contribution is 0.262. The van der Waals surface area contributed by atoms with E-state index in [-0.39, 0.29) is 6.23 Å². The molecule has 1 unspecified atom stereocenters. The number of benzene rings is 7. The second-order valence-corrected chi connectivity index (χ2v) is 11.6. The van der Waals surface area contributed by atoms with Crippen molar-refractivity contribution in [3.63, 3.8) is 0 Å². The van der Waals surface area contributed by atoms with Crippen molar-refractivity contribution in [3.05, 3.63) is 163 Å². The third-order valence-electron chi connectivity index (χ3n) is 8.77. The summed E-state index contributed by atoms with van der Waals surface area (Å²) in [6.45, 7) is 0. The zero-order valence-corrected chi connectivity index (χ0v) is 25.3. The lowest BCUT2D eigenvalue weighted by atomic mass is 9.95. The molecule has 0 saturated heterocycles. The zero-order valence-electron chi connectivity index (χ0n) is 25.3. The first-order valence-electron chi connectivity index (χ1n) is 15.7. The van der Waals surface area contributed by atoms with Crippen LogP contribution >= 0.6 is 0 Å². The van der Waals surface area contributed by atoms with Gasteiger partial charge in [0.2, 0.25) is 0 Å². The minimum Gasteiger partial charge on any atom is -0.464 e. The molecule has 1 N–H and O–H groups in total. The van der Waals surface area contributed by atoms with Gasteiger partial charge >= 0.3 is 0 Å². The van der Waals surface area contributed by atoms with Crippen molar-refractivity contribution in [2.75, 3.05) is 5.32 Å². The number of anilines is 1. The standard InChI is InChI=1S/C42H28N4O/c1-4-13-27(14-5-1)28-23-25-30(26-24-28)40-44-39(29-15-6-2-7-16-29)45-41(46-40)35-22-12-21-34-36(35)32-19-10-11-20-33(32)37-38(34)47-42(43-37)31-17-8-3-9-18-31/h1-26,42-43H. The number of hydrogen-bond acceptors (Lipinski definition) is 5. The zero-order chi connectivity index (χ0) is 31.2. The highest BCUT2D eigenvalue weighted by Gasteiger charge is 2.29. The molecule has 8 aromatic rings. The van der Waals surface area contributed by atoms with Crippen LogP contribution < -0.4 is 10.1 Å². The Bertz CT molecular complexity index is 2390. The molecular weight excluding hydrogens is 576 g/mol. The molecule has 0 radical (unpaired) electrons. The third-order valence-corrected chi connectivity index (χ3v) is 8.77. The maximum absolute atomic E-state index is 6.67. The molecular formula is C42H28N4O. The van der Waals surface area contributed by atoms with Gasteiger partial charge in [-0.2, -0.15) is 0 Å². The number of rotatable bonds is 5. The Hall–Kier alpha value is -6.33. The summed E-state index contributed by atoms with van der Waals surface area (Å²) in [5.41, 5.74) is 7.17. The van der Waals surface area contributed by atoms with E-state index in [1.54, 1.807) is 0 Å². The molecule has 9 rings (SSSR count). The van der Waals surface area contributed by atoms with E-state index in [0.717, 1.165) is 60.8 Å². The van der Waals surface area contributed by atoms with E-state index in [1.165, 1.54) is 5.56 Å². The molecule has 5 heteroatoms. The number of nitrogens with one attached hydrogen (secondary N) is 1. The Morgan fingerprint density at radius 2 is 0.936 bits per heavy atom. The van der Waals surface area contributed by atoms with E-state index in [4.69, 9.17) is 19.7 Å². The average Bonchev–Trinajstić information content (AvgIpc) is 3.62. The fraction of sp³-hybridized carbons (Fsp3) is 0.0238. The van der Waals surface area contributed by atoms with Gasteiger partial charge in [-0.25, -0.2) is 15.0 Å². The van der Waals surface area contributed by atoms with Crippen molar-refractivity contribution in [2.45, 2.75) is 6.23 Å². The van der Waals surface area contributed by atoms with Gasteiger partial charge < -0.3 is 10.1 Å². The Kier molecular flexibility index (Phi) is 6.46.